The molecule has 0 saturated carbocycles. The number of halogens is 1. The molecule has 148 valence electrons. The minimum Gasteiger partial charge on any atom is -0.349 e. The summed E-state index contributed by atoms with van der Waals surface area (Å²) in [5.41, 5.74) is 1.31. The molecule has 1 saturated heterocycles. The number of nitrogens with one attached hydrogen (secondary N) is 1. The lowest BCUT2D eigenvalue weighted by molar-refractivity contribution is 0.0749. The fourth-order valence-electron chi connectivity index (χ4n) is 2.97. The number of anilines is 1. The van der Waals surface area contributed by atoms with Crippen molar-refractivity contribution < 1.29 is 6.22 Å². The van der Waals surface area contributed by atoms with Crippen LogP contribution >= 0.6 is 24.0 Å². The van der Waals surface area contributed by atoms with Crippen molar-refractivity contribution in [1.29, 1.82) is 0 Å². The van der Waals surface area contributed by atoms with Crippen LogP contribution in [0.1, 0.15) is 37.2 Å². The molecule has 0 unspecified atom stereocenters. The predicted octanol–water partition coefficient (Wildman–Crippen LogP) is 2.30. The Hall–Kier alpha value is -1.88. The van der Waals surface area contributed by atoms with Crippen LogP contribution in [0.2, 0.25) is 0 Å². The van der Waals surface area contributed by atoms with E-state index in [0.717, 1.165) is 31.9 Å². The van der Waals surface area contributed by atoms with Gasteiger partial charge in [0.15, 0.2) is 0 Å². The number of aromatic nitrogens is 4. The summed E-state index contributed by atoms with van der Waals surface area (Å²) >= 11 is 0. The van der Waals surface area contributed by atoms with E-state index in [0.29, 0.717) is 24.6 Å². The number of amides is 1. The zero-order valence-corrected chi connectivity index (χ0v) is 17.9. The van der Waals surface area contributed by atoms with Crippen LogP contribution < -0.4 is 5.32 Å². The summed E-state index contributed by atoms with van der Waals surface area (Å²) in [7, 11) is 0. The normalized spacial score (nSPS) is 13.8. The average Bonchev–Trinajstić information content (AvgIpc) is 3.21. The zero-order chi connectivity index (χ0) is 18.2. The highest BCUT2D eigenvalue weighted by Gasteiger charge is 2.18. The zero-order valence-electron chi connectivity index (χ0n) is 15.5. The van der Waals surface area contributed by atoms with E-state index in [2.05, 4.69) is 30.2 Å². The first-order chi connectivity index (χ1) is 12.8. The Morgan fingerprint density at radius 1 is 1.19 bits per heavy atom. The first kappa shape index (κ1) is 21.4. The number of likely N-dealkylation sites (N-methyl/N-ethyl adjacent to an activating group) is 1. The van der Waals surface area contributed by atoms with Gasteiger partial charge in [-0.15, -0.1) is 24.0 Å². The molecule has 3 heterocycles. The lowest BCUT2D eigenvalue weighted by Gasteiger charge is -2.24. The van der Waals surface area contributed by atoms with E-state index in [4.69, 9.17) is 0 Å². The van der Waals surface area contributed by atoms with Crippen LogP contribution in [0.25, 0.3) is 0 Å². The molecule has 2 aromatic heterocycles. The maximum absolute atomic E-state index is 12.7. The Kier molecular flexibility index (Phi) is 8.79. The van der Waals surface area contributed by atoms with Gasteiger partial charge in [0, 0.05) is 45.8 Å². The van der Waals surface area contributed by atoms with E-state index in [1.807, 2.05) is 11.8 Å². The van der Waals surface area contributed by atoms with Crippen LogP contribution in [0.3, 0.4) is 0 Å². The van der Waals surface area contributed by atoms with Gasteiger partial charge in [-0.2, -0.15) is 0 Å². The number of hydrogen-bond donors (Lipinski definition) is 1. The molecule has 9 heteroatoms. The summed E-state index contributed by atoms with van der Waals surface area (Å²) in [6.45, 7) is 7.11. The molecule has 3 rings (SSSR count). The van der Waals surface area contributed by atoms with Crippen molar-refractivity contribution in [2.45, 2.75) is 26.3 Å². The second kappa shape index (κ2) is 11.1. The van der Waals surface area contributed by atoms with Gasteiger partial charge in [-0.1, -0.05) is 0 Å². The summed E-state index contributed by atoms with van der Waals surface area (Å²) in [5.74, 6) is 0.444. The standard InChI is InChI=1S/C18H25N7O.HI.H2/c1-2-25(10-9-24-7-3-4-8-24)17(26)15-11-21-18(22-12-15)23-14-16-13-19-5-6-20-16;;/h5-6,11-13H,2-4,7-10,14H2,1H3,(H,21,22,23);2*1H. The Morgan fingerprint density at radius 2 is 1.93 bits per heavy atom. The number of carbonyl (C=O) groups is 1. The average molecular weight is 485 g/mol. The fourth-order valence-corrected chi connectivity index (χ4v) is 2.97. The lowest BCUT2D eigenvalue weighted by Crippen LogP contribution is -2.37. The third-order valence-electron chi connectivity index (χ3n) is 4.50. The Balaban J connectivity index is 0.00000196. The van der Waals surface area contributed by atoms with Crippen molar-refractivity contribution >= 4 is 35.8 Å². The first-order valence-electron chi connectivity index (χ1n) is 9.08. The highest BCUT2D eigenvalue weighted by molar-refractivity contribution is 14.0. The Morgan fingerprint density at radius 3 is 2.56 bits per heavy atom. The fraction of sp³-hybridized carbons (Fsp3) is 0.500. The first-order valence-corrected chi connectivity index (χ1v) is 9.08. The Labute approximate surface area is 178 Å². The van der Waals surface area contributed by atoms with Gasteiger partial charge in [0.2, 0.25) is 5.95 Å². The van der Waals surface area contributed by atoms with Crippen molar-refractivity contribution in [1.82, 2.24) is 29.7 Å². The Bertz CT molecular complexity index is 699. The van der Waals surface area contributed by atoms with Gasteiger partial charge in [-0.05, 0) is 32.9 Å². The predicted molar refractivity (Wildman–Crippen MR) is 116 cm³/mol. The third kappa shape index (κ3) is 6.35. The van der Waals surface area contributed by atoms with Crippen LogP contribution in [0.5, 0.6) is 0 Å². The summed E-state index contributed by atoms with van der Waals surface area (Å²) in [5, 5.41) is 3.08. The van der Waals surface area contributed by atoms with E-state index in [9.17, 15) is 4.79 Å². The molecule has 0 aliphatic carbocycles. The topological polar surface area (TPSA) is 87.1 Å². The third-order valence-corrected chi connectivity index (χ3v) is 4.50. The molecular weight excluding hydrogens is 457 g/mol. The molecule has 2 aromatic rings. The van der Waals surface area contributed by atoms with E-state index in [-0.39, 0.29) is 31.3 Å². The van der Waals surface area contributed by atoms with Crippen molar-refractivity contribution in [2.75, 3.05) is 38.0 Å². The van der Waals surface area contributed by atoms with Crippen LogP contribution in [-0.4, -0.2) is 68.4 Å². The second-order valence-corrected chi connectivity index (χ2v) is 6.28. The lowest BCUT2D eigenvalue weighted by atomic mass is 10.3. The largest absolute Gasteiger partial charge is 0.349 e. The second-order valence-electron chi connectivity index (χ2n) is 6.28. The summed E-state index contributed by atoms with van der Waals surface area (Å²) in [4.78, 5) is 33.6. The maximum atomic E-state index is 12.7. The molecule has 1 N–H and O–H groups in total. The summed E-state index contributed by atoms with van der Waals surface area (Å²) in [6, 6.07) is 0. The number of nitrogens with zero attached hydrogens (tertiary/aromatic N) is 6. The minimum atomic E-state index is -0.0211. The molecule has 0 aromatic carbocycles. The number of carbonyl (C=O) groups excluding carboxylic acids is 1. The van der Waals surface area contributed by atoms with Crippen molar-refractivity contribution in [2.24, 2.45) is 0 Å². The van der Waals surface area contributed by atoms with Gasteiger partial charge in [-0.25, -0.2) is 9.97 Å². The van der Waals surface area contributed by atoms with Crippen molar-refractivity contribution in [3.63, 3.8) is 0 Å². The SMILES string of the molecule is CCN(CCN1CCCC1)C(=O)c1cnc(NCc2cnccn2)nc1.I.[HH]. The van der Waals surface area contributed by atoms with Gasteiger partial charge in [0.05, 0.1) is 24.0 Å². The molecule has 0 spiro atoms. The highest BCUT2D eigenvalue weighted by Crippen LogP contribution is 2.09. The van der Waals surface area contributed by atoms with E-state index in [1.54, 1.807) is 31.0 Å². The van der Waals surface area contributed by atoms with Crippen LogP contribution in [0, 0.1) is 0 Å². The van der Waals surface area contributed by atoms with Gasteiger partial charge in [0.25, 0.3) is 5.91 Å². The van der Waals surface area contributed by atoms with Gasteiger partial charge < -0.3 is 15.1 Å². The monoisotopic (exact) mass is 485 g/mol. The van der Waals surface area contributed by atoms with Crippen molar-refractivity contribution in [3.05, 3.63) is 42.2 Å². The molecule has 1 amide bonds. The molecule has 27 heavy (non-hydrogen) atoms. The quantitative estimate of drug-likeness (QED) is 0.575. The minimum absolute atomic E-state index is 0. The smallest absolute Gasteiger partial charge is 0.257 e. The van der Waals surface area contributed by atoms with Crippen LogP contribution in [0.4, 0.5) is 5.95 Å². The molecular formula is C18H28IN7O. The summed E-state index contributed by atoms with van der Waals surface area (Å²) < 4.78 is 0. The van der Waals surface area contributed by atoms with Crippen LogP contribution in [0.15, 0.2) is 31.0 Å². The molecule has 1 aliphatic rings. The molecule has 8 nitrogen and oxygen atoms in total. The van der Waals surface area contributed by atoms with E-state index >= 15 is 0 Å². The maximum Gasteiger partial charge on any atom is 0.257 e. The summed E-state index contributed by atoms with van der Waals surface area (Å²) in [6.07, 6.45) is 10.6. The van der Waals surface area contributed by atoms with Gasteiger partial charge >= 0.3 is 0 Å². The molecule has 0 bridgehead atoms. The number of hydrogen-bond acceptors (Lipinski definition) is 7. The molecule has 1 aliphatic heterocycles. The van der Waals surface area contributed by atoms with E-state index < -0.39 is 0 Å². The molecule has 1 fully saturated rings. The molecule has 0 radical (unpaired) electrons. The van der Waals surface area contributed by atoms with Gasteiger partial charge in [-0.3, -0.25) is 14.8 Å². The van der Waals surface area contributed by atoms with Crippen molar-refractivity contribution in [3.8, 4) is 0 Å². The van der Waals surface area contributed by atoms with Gasteiger partial charge in [0.1, 0.15) is 0 Å². The number of likely N-dealkylation sites (tertiary alicyclic amines) is 1. The van der Waals surface area contributed by atoms with E-state index in [1.165, 1.54) is 12.8 Å². The molecule has 0 atom stereocenters. The number of rotatable bonds is 8. The highest BCUT2D eigenvalue weighted by atomic mass is 127. The van der Waals surface area contributed by atoms with Crippen LogP contribution in [-0.2, 0) is 6.54 Å².